The van der Waals surface area contributed by atoms with Crippen molar-refractivity contribution in [3.05, 3.63) is 77.0 Å². The Hall–Kier alpha value is -2.19. The van der Waals surface area contributed by atoms with Gasteiger partial charge in [-0.1, -0.05) is 48.0 Å². The van der Waals surface area contributed by atoms with Crippen LogP contribution in [0.25, 0.3) is 10.9 Å². The van der Waals surface area contributed by atoms with Crippen LogP contribution in [0.1, 0.15) is 28.4 Å². The molecule has 1 aromatic heterocycles. The van der Waals surface area contributed by atoms with Gasteiger partial charge in [-0.3, -0.25) is 4.98 Å². The van der Waals surface area contributed by atoms with Crippen molar-refractivity contribution in [2.45, 2.75) is 19.9 Å². The molecule has 2 nitrogen and oxygen atoms in total. The van der Waals surface area contributed by atoms with Gasteiger partial charge in [-0.05, 0) is 44.2 Å². The first-order valence-corrected chi connectivity index (χ1v) is 7.29. The monoisotopic (exact) mass is 276 g/mol. The van der Waals surface area contributed by atoms with E-state index in [0.717, 1.165) is 11.2 Å². The highest BCUT2D eigenvalue weighted by molar-refractivity contribution is 5.82. The van der Waals surface area contributed by atoms with Gasteiger partial charge in [-0.2, -0.15) is 0 Å². The smallest absolute Gasteiger partial charge is 0.0749 e. The van der Waals surface area contributed by atoms with Crippen LogP contribution in [0.15, 0.2) is 54.6 Å². The SMILES string of the molecule is CNC(c1cccc(C)c1)c1cc(C)c2ccccc2n1. The topological polar surface area (TPSA) is 24.9 Å². The standard InChI is InChI=1S/C19H20N2/c1-13-7-6-8-15(11-13)19(20-3)18-12-14(2)16-9-4-5-10-17(16)21-18/h4-12,19-20H,1-3H3. The van der Waals surface area contributed by atoms with E-state index in [2.05, 4.69) is 67.7 Å². The Balaban J connectivity index is 2.13. The largest absolute Gasteiger partial charge is 0.308 e. The molecular weight excluding hydrogens is 256 g/mol. The van der Waals surface area contributed by atoms with Gasteiger partial charge >= 0.3 is 0 Å². The summed E-state index contributed by atoms with van der Waals surface area (Å²) in [6.45, 7) is 4.27. The molecule has 0 saturated carbocycles. The third-order valence-corrected chi connectivity index (χ3v) is 3.90. The van der Waals surface area contributed by atoms with E-state index in [4.69, 9.17) is 4.98 Å². The maximum atomic E-state index is 4.85. The number of hydrogen-bond donors (Lipinski definition) is 1. The van der Waals surface area contributed by atoms with Crippen molar-refractivity contribution >= 4 is 10.9 Å². The van der Waals surface area contributed by atoms with Crippen LogP contribution in [0, 0.1) is 13.8 Å². The third kappa shape index (κ3) is 2.67. The molecule has 0 fully saturated rings. The molecule has 0 aliphatic rings. The van der Waals surface area contributed by atoms with E-state index in [9.17, 15) is 0 Å². The van der Waals surface area contributed by atoms with Crippen LogP contribution in [-0.2, 0) is 0 Å². The predicted molar refractivity (Wildman–Crippen MR) is 88.6 cm³/mol. The van der Waals surface area contributed by atoms with E-state index in [0.29, 0.717) is 0 Å². The molecule has 0 aliphatic carbocycles. The van der Waals surface area contributed by atoms with Crippen LogP contribution < -0.4 is 5.32 Å². The molecule has 3 rings (SSSR count). The predicted octanol–water partition coefficient (Wildman–Crippen LogP) is 4.16. The number of benzene rings is 2. The first kappa shape index (κ1) is 13.8. The molecule has 1 heterocycles. The summed E-state index contributed by atoms with van der Waals surface area (Å²) in [5, 5.41) is 4.61. The van der Waals surface area contributed by atoms with E-state index in [-0.39, 0.29) is 6.04 Å². The summed E-state index contributed by atoms with van der Waals surface area (Å²) in [6, 6.07) is 19.2. The quantitative estimate of drug-likeness (QED) is 0.777. The minimum absolute atomic E-state index is 0.119. The van der Waals surface area contributed by atoms with E-state index in [1.807, 2.05) is 13.1 Å². The summed E-state index contributed by atoms with van der Waals surface area (Å²) < 4.78 is 0. The highest BCUT2D eigenvalue weighted by Gasteiger charge is 2.15. The van der Waals surface area contributed by atoms with Crippen molar-refractivity contribution in [3.8, 4) is 0 Å². The van der Waals surface area contributed by atoms with Gasteiger partial charge in [-0.25, -0.2) is 0 Å². The molecule has 0 saturated heterocycles. The van der Waals surface area contributed by atoms with E-state index in [1.165, 1.54) is 22.1 Å². The molecular formula is C19H20N2. The van der Waals surface area contributed by atoms with E-state index < -0.39 is 0 Å². The number of pyridine rings is 1. The van der Waals surface area contributed by atoms with Crippen LogP contribution in [0.4, 0.5) is 0 Å². The van der Waals surface area contributed by atoms with Gasteiger partial charge in [0.25, 0.3) is 0 Å². The fourth-order valence-corrected chi connectivity index (χ4v) is 2.86. The first-order chi connectivity index (χ1) is 10.2. The number of nitrogens with zero attached hydrogens (tertiary/aromatic N) is 1. The van der Waals surface area contributed by atoms with Gasteiger partial charge in [0.1, 0.15) is 0 Å². The number of para-hydroxylation sites is 1. The summed E-state index contributed by atoms with van der Waals surface area (Å²) >= 11 is 0. The molecule has 1 unspecified atom stereocenters. The van der Waals surface area contributed by atoms with Crippen molar-refractivity contribution in [1.82, 2.24) is 10.3 Å². The van der Waals surface area contributed by atoms with Crippen LogP contribution in [0.3, 0.4) is 0 Å². The second-order valence-corrected chi connectivity index (χ2v) is 5.52. The molecule has 0 spiro atoms. The normalized spacial score (nSPS) is 12.5. The Kier molecular flexibility index (Phi) is 3.72. The fraction of sp³-hybridized carbons (Fsp3) is 0.211. The second-order valence-electron chi connectivity index (χ2n) is 5.52. The molecule has 1 atom stereocenters. The lowest BCUT2D eigenvalue weighted by atomic mass is 9.99. The van der Waals surface area contributed by atoms with E-state index in [1.54, 1.807) is 0 Å². The second kappa shape index (κ2) is 5.66. The zero-order valence-corrected chi connectivity index (χ0v) is 12.7. The van der Waals surface area contributed by atoms with Crippen molar-refractivity contribution in [2.24, 2.45) is 0 Å². The molecule has 2 heteroatoms. The van der Waals surface area contributed by atoms with Gasteiger partial charge < -0.3 is 5.32 Å². The molecule has 0 radical (unpaired) electrons. The molecule has 2 aromatic carbocycles. The maximum Gasteiger partial charge on any atom is 0.0749 e. The van der Waals surface area contributed by atoms with Crippen LogP contribution in [0.2, 0.25) is 0 Å². The molecule has 1 N–H and O–H groups in total. The Morgan fingerprint density at radius 1 is 0.952 bits per heavy atom. The lowest BCUT2D eigenvalue weighted by Crippen LogP contribution is -2.19. The molecule has 0 bridgehead atoms. The number of aromatic nitrogens is 1. The number of aryl methyl sites for hydroxylation is 2. The van der Waals surface area contributed by atoms with Crippen LogP contribution >= 0.6 is 0 Å². The van der Waals surface area contributed by atoms with Gasteiger partial charge in [0.2, 0.25) is 0 Å². The van der Waals surface area contributed by atoms with Gasteiger partial charge in [0.15, 0.2) is 0 Å². The summed E-state index contributed by atoms with van der Waals surface area (Å²) in [4.78, 5) is 4.85. The number of fused-ring (bicyclic) bond motifs is 1. The average molecular weight is 276 g/mol. The Morgan fingerprint density at radius 2 is 1.76 bits per heavy atom. The number of nitrogens with one attached hydrogen (secondary N) is 1. The number of rotatable bonds is 3. The fourth-order valence-electron chi connectivity index (χ4n) is 2.86. The van der Waals surface area contributed by atoms with Crippen molar-refractivity contribution in [3.63, 3.8) is 0 Å². The summed E-state index contributed by atoms with van der Waals surface area (Å²) in [5.74, 6) is 0. The van der Waals surface area contributed by atoms with Crippen molar-refractivity contribution < 1.29 is 0 Å². The Bertz CT molecular complexity index is 777. The molecule has 0 aliphatic heterocycles. The van der Waals surface area contributed by atoms with Crippen LogP contribution in [-0.4, -0.2) is 12.0 Å². The minimum atomic E-state index is 0.119. The summed E-state index contributed by atoms with van der Waals surface area (Å²) in [7, 11) is 1.99. The Labute approximate surface area is 125 Å². The average Bonchev–Trinajstić information content (AvgIpc) is 2.48. The van der Waals surface area contributed by atoms with E-state index >= 15 is 0 Å². The minimum Gasteiger partial charge on any atom is -0.308 e. The molecule has 21 heavy (non-hydrogen) atoms. The third-order valence-electron chi connectivity index (χ3n) is 3.90. The Morgan fingerprint density at radius 3 is 2.52 bits per heavy atom. The van der Waals surface area contributed by atoms with Gasteiger partial charge in [0, 0.05) is 5.39 Å². The first-order valence-electron chi connectivity index (χ1n) is 7.29. The zero-order chi connectivity index (χ0) is 14.8. The van der Waals surface area contributed by atoms with Crippen molar-refractivity contribution in [1.29, 1.82) is 0 Å². The molecule has 0 amide bonds. The van der Waals surface area contributed by atoms with Crippen molar-refractivity contribution in [2.75, 3.05) is 7.05 Å². The van der Waals surface area contributed by atoms with Gasteiger partial charge in [0.05, 0.1) is 17.3 Å². The summed E-state index contributed by atoms with van der Waals surface area (Å²) in [5.41, 5.74) is 5.91. The lowest BCUT2D eigenvalue weighted by molar-refractivity contribution is 0.673. The van der Waals surface area contributed by atoms with Crippen LogP contribution in [0.5, 0.6) is 0 Å². The highest BCUT2D eigenvalue weighted by Crippen LogP contribution is 2.25. The van der Waals surface area contributed by atoms with Gasteiger partial charge in [-0.15, -0.1) is 0 Å². The molecule has 3 aromatic rings. The number of hydrogen-bond acceptors (Lipinski definition) is 2. The molecule has 106 valence electrons. The summed E-state index contributed by atoms with van der Waals surface area (Å²) in [6.07, 6.45) is 0. The highest BCUT2D eigenvalue weighted by atomic mass is 14.9. The maximum absolute atomic E-state index is 4.85. The zero-order valence-electron chi connectivity index (χ0n) is 12.7. The lowest BCUT2D eigenvalue weighted by Gasteiger charge is -2.18.